The number of amides is 2. The van der Waals surface area contributed by atoms with Gasteiger partial charge in [0.2, 0.25) is 0 Å². The second-order valence-corrected chi connectivity index (χ2v) is 8.76. The molecule has 1 aliphatic heterocycles. The number of nitrogens with one attached hydrogen (secondary N) is 1. The fourth-order valence-corrected chi connectivity index (χ4v) is 4.49. The van der Waals surface area contributed by atoms with Gasteiger partial charge in [0.15, 0.2) is 5.65 Å². The molecule has 0 atom stereocenters. The number of carbonyl (C=O) groups excluding carboxylic acids is 1. The van der Waals surface area contributed by atoms with Gasteiger partial charge in [-0.25, -0.2) is 19.2 Å². The lowest BCUT2D eigenvalue weighted by Crippen LogP contribution is -2.49. The first-order valence-electron chi connectivity index (χ1n) is 11.4. The van der Waals surface area contributed by atoms with Gasteiger partial charge in [-0.05, 0) is 67.4 Å². The topological polar surface area (TPSA) is 66.3 Å². The predicted octanol–water partition coefficient (Wildman–Crippen LogP) is 4.53. The van der Waals surface area contributed by atoms with Gasteiger partial charge in [0, 0.05) is 43.8 Å². The summed E-state index contributed by atoms with van der Waals surface area (Å²) in [5, 5.41) is 2.78. The number of carbonyl (C=O) groups is 1. The van der Waals surface area contributed by atoms with Gasteiger partial charge in [0.1, 0.15) is 17.2 Å². The molecule has 1 saturated heterocycles. The Balaban J connectivity index is 1.31. The van der Waals surface area contributed by atoms with Crippen molar-refractivity contribution in [3.63, 3.8) is 0 Å². The number of fused-ring (bicyclic) bond motifs is 1. The minimum Gasteiger partial charge on any atom is -0.322 e. The molecule has 1 N–H and O–H groups in total. The van der Waals surface area contributed by atoms with E-state index in [1.807, 2.05) is 12.1 Å². The standard InChI is InChI=1S/C26H27FN6O/c1-18-13-19(2)15-22(14-18)33-24(30-23-7-4-8-28-25(23)33)17-31-9-11-32(12-10-31)26(34)29-21-6-3-5-20(27)16-21/h3-8,13-16H,9-12,17H2,1-2H3,(H,29,34). The summed E-state index contributed by atoms with van der Waals surface area (Å²) in [5.74, 6) is 0.556. The Morgan fingerprint density at radius 1 is 1.00 bits per heavy atom. The van der Waals surface area contributed by atoms with Crippen LogP contribution in [0.2, 0.25) is 0 Å². The van der Waals surface area contributed by atoms with Crippen molar-refractivity contribution >= 4 is 22.9 Å². The molecule has 2 amide bonds. The zero-order chi connectivity index (χ0) is 23.7. The van der Waals surface area contributed by atoms with Crippen LogP contribution in [-0.2, 0) is 6.54 Å². The molecule has 7 nitrogen and oxygen atoms in total. The Morgan fingerprint density at radius 3 is 2.50 bits per heavy atom. The van der Waals surface area contributed by atoms with Crippen molar-refractivity contribution < 1.29 is 9.18 Å². The van der Waals surface area contributed by atoms with E-state index in [2.05, 4.69) is 51.8 Å². The molecule has 3 heterocycles. The van der Waals surface area contributed by atoms with Crippen LogP contribution in [0.3, 0.4) is 0 Å². The van der Waals surface area contributed by atoms with Crippen molar-refractivity contribution in [1.82, 2.24) is 24.3 Å². The summed E-state index contributed by atoms with van der Waals surface area (Å²) in [6.07, 6.45) is 1.79. The number of hydrogen-bond donors (Lipinski definition) is 1. The summed E-state index contributed by atoms with van der Waals surface area (Å²) in [6.45, 7) is 7.46. The maximum absolute atomic E-state index is 13.4. The number of anilines is 1. The smallest absolute Gasteiger partial charge is 0.321 e. The van der Waals surface area contributed by atoms with Crippen LogP contribution in [-0.4, -0.2) is 56.5 Å². The Morgan fingerprint density at radius 2 is 1.76 bits per heavy atom. The Labute approximate surface area is 197 Å². The summed E-state index contributed by atoms with van der Waals surface area (Å²) in [5.41, 5.74) is 5.61. The zero-order valence-corrected chi connectivity index (χ0v) is 19.3. The first-order valence-corrected chi connectivity index (χ1v) is 11.4. The van der Waals surface area contributed by atoms with Crippen LogP contribution >= 0.6 is 0 Å². The van der Waals surface area contributed by atoms with Crippen LogP contribution in [0.15, 0.2) is 60.8 Å². The fourth-order valence-electron chi connectivity index (χ4n) is 4.49. The van der Waals surface area contributed by atoms with E-state index in [1.54, 1.807) is 23.2 Å². The maximum Gasteiger partial charge on any atom is 0.321 e. The molecule has 1 aliphatic rings. The minimum atomic E-state index is -0.371. The van der Waals surface area contributed by atoms with E-state index < -0.39 is 0 Å². The fraction of sp³-hybridized carbons (Fsp3) is 0.269. The molecule has 0 unspecified atom stereocenters. The zero-order valence-electron chi connectivity index (χ0n) is 19.3. The first kappa shape index (κ1) is 22.0. The SMILES string of the molecule is Cc1cc(C)cc(-n2c(CN3CCN(C(=O)Nc4cccc(F)c4)CC3)nc3cccnc32)c1. The van der Waals surface area contributed by atoms with E-state index in [1.165, 1.54) is 23.3 Å². The molecule has 34 heavy (non-hydrogen) atoms. The largest absolute Gasteiger partial charge is 0.322 e. The second kappa shape index (κ2) is 9.23. The highest BCUT2D eigenvalue weighted by atomic mass is 19.1. The molecule has 4 aromatic rings. The van der Waals surface area contributed by atoms with Crippen LogP contribution in [0.25, 0.3) is 16.9 Å². The third kappa shape index (κ3) is 4.63. The van der Waals surface area contributed by atoms with Crippen molar-refractivity contribution in [3.8, 4) is 5.69 Å². The van der Waals surface area contributed by atoms with E-state index in [0.29, 0.717) is 25.3 Å². The average Bonchev–Trinajstić information content (AvgIpc) is 3.16. The van der Waals surface area contributed by atoms with E-state index in [4.69, 9.17) is 4.98 Å². The van der Waals surface area contributed by atoms with E-state index >= 15 is 0 Å². The van der Waals surface area contributed by atoms with Crippen molar-refractivity contribution in [3.05, 3.63) is 83.6 Å². The Bertz CT molecular complexity index is 1320. The number of benzene rings is 2. The number of piperazine rings is 1. The number of urea groups is 1. The highest BCUT2D eigenvalue weighted by molar-refractivity contribution is 5.89. The number of rotatable bonds is 4. The lowest BCUT2D eigenvalue weighted by Gasteiger charge is -2.34. The van der Waals surface area contributed by atoms with Crippen molar-refractivity contribution in [1.29, 1.82) is 0 Å². The van der Waals surface area contributed by atoms with Gasteiger partial charge >= 0.3 is 6.03 Å². The first-order chi connectivity index (χ1) is 16.5. The van der Waals surface area contributed by atoms with Crippen LogP contribution in [0, 0.1) is 19.7 Å². The van der Waals surface area contributed by atoms with Gasteiger partial charge in [-0.1, -0.05) is 12.1 Å². The molecule has 0 spiro atoms. The number of imidazole rings is 1. The predicted molar refractivity (Wildman–Crippen MR) is 131 cm³/mol. The molecule has 1 fully saturated rings. The third-order valence-electron chi connectivity index (χ3n) is 6.05. The van der Waals surface area contributed by atoms with Gasteiger partial charge in [-0.15, -0.1) is 0 Å². The second-order valence-electron chi connectivity index (χ2n) is 8.76. The van der Waals surface area contributed by atoms with Crippen molar-refractivity contribution in [2.24, 2.45) is 0 Å². The van der Waals surface area contributed by atoms with Crippen molar-refractivity contribution in [2.75, 3.05) is 31.5 Å². The number of halogens is 1. The molecular formula is C26H27FN6O. The van der Waals surface area contributed by atoms with Gasteiger partial charge in [0.25, 0.3) is 0 Å². The van der Waals surface area contributed by atoms with Crippen LogP contribution < -0.4 is 5.32 Å². The Kier molecular flexibility index (Phi) is 5.98. The summed E-state index contributed by atoms with van der Waals surface area (Å²) < 4.78 is 15.5. The molecular weight excluding hydrogens is 431 g/mol. The number of hydrogen-bond acceptors (Lipinski definition) is 4. The monoisotopic (exact) mass is 458 g/mol. The van der Waals surface area contributed by atoms with Crippen LogP contribution in [0.4, 0.5) is 14.9 Å². The number of pyridine rings is 1. The average molecular weight is 459 g/mol. The van der Waals surface area contributed by atoms with Gasteiger partial charge < -0.3 is 10.2 Å². The lowest BCUT2D eigenvalue weighted by molar-refractivity contribution is 0.140. The highest BCUT2D eigenvalue weighted by Gasteiger charge is 2.23. The van der Waals surface area contributed by atoms with Crippen molar-refractivity contribution in [2.45, 2.75) is 20.4 Å². The molecule has 8 heteroatoms. The van der Waals surface area contributed by atoms with Crippen LogP contribution in [0.1, 0.15) is 17.0 Å². The molecule has 0 saturated carbocycles. The summed E-state index contributed by atoms with van der Waals surface area (Å²) in [6, 6.07) is 16.1. The summed E-state index contributed by atoms with van der Waals surface area (Å²) >= 11 is 0. The van der Waals surface area contributed by atoms with Crippen LogP contribution in [0.5, 0.6) is 0 Å². The highest BCUT2D eigenvalue weighted by Crippen LogP contribution is 2.23. The molecule has 0 bridgehead atoms. The summed E-state index contributed by atoms with van der Waals surface area (Å²) in [4.78, 5) is 26.2. The van der Waals surface area contributed by atoms with Gasteiger partial charge in [-0.3, -0.25) is 9.47 Å². The molecule has 0 aliphatic carbocycles. The summed E-state index contributed by atoms with van der Waals surface area (Å²) in [7, 11) is 0. The molecule has 0 radical (unpaired) electrons. The molecule has 2 aromatic carbocycles. The lowest BCUT2D eigenvalue weighted by atomic mass is 10.1. The van der Waals surface area contributed by atoms with E-state index in [-0.39, 0.29) is 11.8 Å². The normalized spacial score (nSPS) is 14.5. The number of nitrogens with zero attached hydrogens (tertiary/aromatic N) is 5. The van der Waals surface area contributed by atoms with Gasteiger partial charge in [0.05, 0.1) is 6.54 Å². The molecule has 174 valence electrons. The maximum atomic E-state index is 13.4. The van der Waals surface area contributed by atoms with E-state index in [9.17, 15) is 9.18 Å². The van der Waals surface area contributed by atoms with Gasteiger partial charge in [-0.2, -0.15) is 0 Å². The molecule has 5 rings (SSSR count). The number of aromatic nitrogens is 3. The quantitative estimate of drug-likeness (QED) is 0.488. The number of aryl methyl sites for hydroxylation is 2. The Hall–Kier alpha value is -3.78. The third-order valence-corrected chi connectivity index (χ3v) is 6.05. The minimum absolute atomic E-state index is 0.211. The van der Waals surface area contributed by atoms with E-state index in [0.717, 1.165) is 35.8 Å². The molecule has 2 aromatic heterocycles.